The van der Waals surface area contributed by atoms with Crippen LogP contribution in [0.15, 0.2) is 24.3 Å². The smallest absolute Gasteiger partial charge is 0.416 e. The van der Waals surface area contributed by atoms with Gasteiger partial charge in [-0.25, -0.2) is 0 Å². The van der Waals surface area contributed by atoms with Crippen LogP contribution >= 0.6 is 22.9 Å². The molecule has 0 saturated carbocycles. The van der Waals surface area contributed by atoms with Gasteiger partial charge in [0.1, 0.15) is 10.9 Å². The van der Waals surface area contributed by atoms with E-state index in [0.29, 0.717) is 4.88 Å². The monoisotopic (exact) mass is 308 g/mol. The molecule has 0 aliphatic heterocycles. The van der Waals surface area contributed by atoms with Gasteiger partial charge in [0.25, 0.3) is 5.19 Å². The fourth-order valence-corrected chi connectivity index (χ4v) is 2.31. The largest absolute Gasteiger partial charge is 0.431 e. The van der Waals surface area contributed by atoms with Crippen LogP contribution in [0.25, 0.3) is 0 Å². The molecule has 1 aromatic heterocycles. The molecule has 0 bridgehead atoms. The zero-order valence-electron chi connectivity index (χ0n) is 9.37. The van der Waals surface area contributed by atoms with Crippen molar-refractivity contribution < 1.29 is 17.9 Å². The number of hydrogen-bond acceptors (Lipinski definition) is 4. The summed E-state index contributed by atoms with van der Waals surface area (Å²) in [6.45, 7) is 0.229. The zero-order chi connectivity index (χ0) is 14.0. The average molecular weight is 309 g/mol. The molecule has 0 aliphatic carbocycles. The minimum Gasteiger partial charge on any atom is -0.431 e. The number of nitrogens with zero attached hydrogens (tertiary/aromatic N) is 1. The van der Waals surface area contributed by atoms with E-state index in [9.17, 15) is 13.2 Å². The molecule has 3 nitrogen and oxygen atoms in total. The number of alkyl halides is 3. The highest BCUT2D eigenvalue weighted by atomic mass is 35.5. The summed E-state index contributed by atoms with van der Waals surface area (Å²) in [6, 6.07) is 4.32. The second-order valence-corrected chi connectivity index (χ2v) is 4.93. The highest BCUT2D eigenvalue weighted by Crippen LogP contribution is 2.34. The summed E-state index contributed by atoms with van der Waals surface area (Å²) >= 11 is 6.94. The number of rotatable bonds is 3. The van der Waals surface area contributed by atoms with Crippen molar-refractivity contribution in [1.29, 1.82) is 0 Å². The summed E-state index contributed by atoms with van der Waals surface area (Å²) in [5.41, 5.74) is 4.69. The molecule has 1 heterocycles. The molecule has 8 heteroatoms. The molecule has 0 atom stereocenters. The lowest BCUT2D eigenvalue weighted by Gasteiger charge is -2.07. The molecule has 102 valence electrons. The average Bonchev–Trinajstić information content (AvgIpc) is 2.69. The minimum atomic E-state index is -4.37. The maximum atomic E-state index is 12.4. The van der Waals surface area contributed by atoms with Crippen LogP contribution in [-0.2, 0) is 12.7 Å². The van der Waals surface area contributed by atoms with Crippen LogP contribution in [0.2, 0.25) is 5.15 Å². The third kappa shape index (κ3) is 3.37. The van der Waals surface area contributed by atoms with E-state index in [2.05, 4.69) is 4.98 Å². The van der Waals surface area contributed by atoms with Gasteiger partial charge in [0.05, 0.1) is 10.4 Å². The number of thiazole rings is 1. The van der Waals surface area contributed by atoms with Crippen molar-refractivity contribution in [3.8, 4) is 10.9 Å². The molecule has 2 rings (SSSR count). The molecule has 0 aliphatic rings. The van der Waals surface area contributed by atoms with E-state index < -0.39 is 11.7 Å². The van der Waals surface area contributed by atoms with E-state index in [-0.39, 0.29) is 22.6 Å². The lowest BCUT2D eigenvalue weighted by atomic mass is 10.2. The second kappa shape index (κ2) is 5.36. The molecule has 0 unspecified atom stereocenters. The fraction of sp³-hybridized carbons (Fsp3) is 0.182. The van der Waals surface area contributed by atoms with Crippen molar-refractivity contribution in [2.75, 3.05) is 0 Å². The first-order chi connectivity index (χ1) is 8.90. The van der Waals surface area contributed by atoms with Crippen LogP contribution in [0.3, 0.4) is 0 Å². The SMILES string of the molecule is NCc1sc(Oc2ccc(C(F)(F)F)cc2)nc1Cl. The minimum absolute atomic E-state index is 0.229. The van der Waals surface area contributed by atoms with Gasteiger partial charge in [0, 0.05) is 6.54 Å². The van der Waals surface area contributed by atoms with E-state index in [1.165, 1.54) is 12.1 Å². The molecule has 2 N–H and O–H groups in total. The third-order valence-electron chi connectivity index (χ3n) is 2.20. The standard InChI is InChI=1S/C11H8ClF3N2OS/c12-9-8(5-16)19-10(17-9)18-7-3-1-6(2-4-7)11(13,14)15/h1-4H,5,16H2. The summed E-state index contributed by atoms with van der Waals surface area (Å²) in [5.74, 6) is 0.252. The molecule has 0 amide bonds. The highest BCUT2D eigenvalue weighted by Gasteiger charge is 2.30. The van der Waals surface area contributed by atoms with Crippen LogP contribution in [0.4, 0.5) is 13.2 Å². The van der Waals surface area contributed by atoms with Crippen molar-refractivity contribution in [3.63, 3.8) is 0 Å². The Balaban J connectivity index is 2.15. The predicted octanol–water partition coefficient (Wildman–Crippen LogP) is 4.07. The Labute approximate surface area is 115 Å². The molecule has 0 radical (unpaired) electrons. The van der Waals surface area contributed by atoms with Gasteiger partial charge >= 0.3 is 6.18 Å². The lowest BCUT2D eigenvalue weighted by molar-refractivity contribution is -0.137. The Morgan fingerprint density at radius 2 is 1.89 bits per heavy atom. The molecule has 1 aromatic carbocycles. The second-order valence-electron chi connectivity index (χ2n) is 3.52. The molecular weight excluding hydrogens is 301 g/mol. The number of ether oxygens (including phenoxy) is 1. The molecule has 2 aromatic rings. The number of nitrogens with two attached hydrogens (primary N) is 1. The van der Waals surface area contributed by atoms with Gasteiger partial charge in [-0.1, -0.05) is 22.9 Å². The Morgan fingerprint density at radius 3 is 2.37 bits per heavy atom. The van der Waals surface area contributed by atoms with E-state index in [4.69, 9.17) is 22.1 Å². The van der Waals surface area contributed by atoms with Crippen molar-refractivity contribution >= 4 is 22.9 Å². The van der Waals surface area contributed by atoms with E-state index in [1.54, 1.807) is 0 Å². The van der Waals surface area contributed by atoms with Gasteiger partial charge < -0.3 is 10.5 Å². The van der Waals surface area contributed by atoms with Crippen molar-refractivity contribution in [3.05, 3.63) is 39.9 Å². The normalized spacial score (nSPS) is 11.6. The number of hydrogen-bond donors (Lipinski definition) is 1. The van der Waals surface area contributed by atoms with Crippen molar-refractivity contribution in [2.24, 2.45) is 5.73 Å². The van der Waals surface area contributed by atoms with Crippen LogP contribution in [0, 0.1) is 0 Å². The first-order valence-corrected chi connectivity index (χ1v) is 6.30. The van der Waals surface area contributed by atoms with Gasteiger partial charge in [-0.2, -0.15) is 18.2 Å². The molecule has 19 heavy (non-hydrogen) atoms. The maximum Gasteiger partial charge on any atom is 0.416 e. The lowest BCUT2D eigenvalue weighted by Crippen LogP contribution is -2.03. The Bertz CT molecular complexity index is 568. The van der Waals surface area contributed by atoms with Gasteiger partial charge in [0.15, 0.2) is 0 Å². The first kappa shape index (κ1) is 14.1. The zero-order valence-corrected chi connectivity index (χ0v) is 10.9. The molecule has 0 fully saturated rings. The van der Waals surface area contributed by atoms with Crippen LogP contribution in [0.1, 0.15) is 10.4 Å². The van der Waals surface area contributed by atoms with Crippen molar-refractivity contribution in [1.82, 2.24) is 4.98 Å². The number of aromatic nitrogens is 1. The maximum absolute atomic E-state index is 12.4. The van der Waals surface area contributed by atoms with Gasteiger partial charge in [-0.05, 0) is 24.3 Å². The van der Waals surface area contributed by atoms with Crippen molar-refractivity contribution in [2.45, 2.75) is 12.7 Å². The van der Waals surface area contributed by atoms with Gasteiger partial charge in [-0.15, -0.1) is 0 Å². The summed E-state index contributed by atoms with van der Waals surface area (Å²) in [7, 11) is 0. The quantitative estimate of drug-likeness (QED) is 0.930. The molecular formula is C11H8ClF3N2OS. The topological polar surface area (TPSA) is 48.1 Å². The van der Waals surface area contributed by atoms with Gasteiger partial charge in [-0.3, -0.25) is 0 Å². The van der Waals surface area contributed by atoms with Crippen LogP contribution in [0.5, 0.6) is 10.9 Å². The van der Waals surface area contributed by atoms with Gasteiger partial charge in [0.2, 0.25) is 0 Å². The Kier molecular flexibility index (Phi) is 3.98. The summed E-state index contributed by atoms with van der Waals surface area (Å²) < 4.78 is 42.4. The molecule has 0 spiro atoms. The first-order valence-electron chi connectivity index (χ1n) is 5.10. The van der Waals surface area contributed by atoms with E-state index >= 15 is 0 Å². The number of halogens is 4. The third-order valence-corrected chi connectivity index (χ3v) is 3.58. The summed E-state index contributed by atoms with van der Waals surface area (Å²) in [4.78, 5) is 4.56. The number of benzene rings is 1. The summed E-state index contributed by atoms with van der Waals surface area (Å²) in [6.07, 6.45) is -4.37. The highest BCUT2D eigenvalue weighted by molar-refractivity contribution is 7.14. The Hall–Kier alpha value is -1.31. The van der Waals surface area contributed by atoms with E-state index in [0.717, 1.165) is 23.5 Å². The Morgan fingerprint density at radius 1 is 1.26 bits per heavy atom. The summed E-state index contributed by atoms with van der Waals surface area (Å²) in [5, 5.41) is 0.486. The van der Waals surface area contributed by atoms with Crippen LogP contribution < -0.4 is 10.5 Å². The fourth-order valence-electron chi connectivity index (χ4n) is 1.30. The molecule has 0 saturated heterocycles. The predicted molar refractivity (Wildman–Crippen MR) is 66.5 cm³/mol. The van der Waals surface area contributed by atoms with E-state index in [1.807, 2.05) is 0 Å². The van der Waals surface area contributed by atoms with Crippen LogP contribution in [-0.4, -0.2) is 4.98 Å².